The number of hydrogen-bond donors (Lipinski definition) is 0. The maximum Gasteiger partial charge on any atom is 0.0755 e. The molecule has 0 saturated heterocycles. The Morgan fingerprint density at radius 3 is 1.82 bits per heavy atom. The Hall–Kier alpha value is -6.42. The Labute approximate surface area is 362 Å². The SMILES string of the molecule is CC1(c2ccc(N(c3ccc4c(c3)C3(c5ccccc5-4)c4ccccc4N(c4ccccc4)c4ccccc43)c3ccc4c(c3)sc3ccccc34)cc2)CC2CC[C@@H](C2)C1. The van der Waals surface area contributed by atoms with Gasteiger partial charge in [0.25, 0.3) is 0 Å². The molecule has 2 fully saturated rings. The monoisotopic (exact) mass is 802 g/mol. The van der Waals surface area contributed by atoms with Crippen LogP contribution in [0, 0.1) is 11.8 Å². The number of fused-ring (bicyclic) bond motifs is 14. The molecule has 3 atom stereocenters. The van der Waals surface area contributed by atoms with Gasteiger partial charge in [0.2, 0.25) is 0 Å². The minimum atomic E-state index is -0.527. The van der Waals surface area contributed by atoms with Crippen molar-refractivity contribution < 1.29 is 0 Å². The molecule has 2 unspecified atom stereocenters. The summed E-state index contributed by atoms with van der Waals surface area (Å²) in [6.45, 7) is 2.54. The second-order valence-corrected chi connectivity index (χ2v) is 19.5. The summed E-state index contributed by atoms with van der Waals surface area (Å²) in [5.74, 6) is 1.76. The van der Waals surface area contributed by atoms with E-state index in [0.29, 0.717) is 0 Å². The fourth-order valence-corrected chi connectivity index (χ4v) is 13.7. The number of anilines is 6. The van der Waals surface area contributed by atoms with Crippen LogP contribution in [0.2, 0.25) is 0 Å². The lowest BCUT2D eigenvalue weighted by molar-refractivity contribution is 0.232. The van der Waals surface area contributed by atoms with Crippen LogP contribution in [0.4, 0.5) is 34.1 Å². The van der Waals surface area contributed by atoms with E-state index in [-0.39, 0.29) is 5.41 Å². The molecule has 0 N–H and O–H groups in total. The van der Waals surface area contributed by atoms with E-state index in [9.17, 15) is 0 Å². The number of benzene rings is 8. The molecular weight excluding hydrogens is 757 g/mol. The second kappa shape index (κ2) is 13.3. The van der Waals surface area contributed by atoms with Gasteiger partial charge in [-0.05, 0) is 142 Å². The molecule has 1 aliphatic heterocycles. The maximum absolute atomic E-state index is 2.54. The molecule has 61 heavy (non-hydrogen) atoms. The van der Waals surface area contributed by atoms with E-state index < -0.39 is 5.41 Å². The van der Waals surface area contributed by atoms with Crippen LogP contribution in [0.5, 0.6) is 0 Å². The Bertz CT molecular complexity index is 3120. The highest BCUT2D eigenvalue weighted by molar-refractivity contribution is 7.25. The minimum absolute atomic E-state index is 0.241. The van der Waals surface area contributed by atoms with Gasteiger partial charge in [0, 0.05) is 42.9 Å². The first-order valence-corrected chi connectivity index (χ1v) is 23.0. The van der Waals surface area contributed by atoms with Crippen molar-refractivity contribution in [3.63, 3.8) is 0 Å². The zero-order valence-electron chi connectivity index (χ0n) is 34.4. The summed E-state index contributed by atoms with van der Waals surface area (Å²) in [6, 6.07) is 71.3. The molecule has 2 nitrogen and oxygen atoms in total. The van der Waals surface area contributed by atoms with Crippen molar-refractivity contribution in [2.45, 2.75) is 49.9 Å². The second-order valence-electron chi connectivity index (χ2n) is 18.4. The van der Waals surface area contributed by atoms with Gasteiger partial charge < -0.3 is 9.80 Å². The molecule has 294 valence electrons. The van der Waals surface area contributed by atoms with Crippen LogP contribution in [0.15, 0.2) is 188 Å². The first-order chi connectivity index (χ1) is 30.1. The molecule has 2 saturated carbocycles. The third-order valence-electron chi connectivity index (χ3n) is 15.0. The topological polar surface area (TPSA) is 6.48 Å². The highest BCUT2D eigenvalue weighted by atomic mass is 32.1. The fraction of sp³-hybridized carbons (Fsp3) is 0.172. The fourth-order valence-electron chi connectivity index (χ4n) is 12.5. The van der Waals surface area contributed by atoms with Gasteiger partial charge in [-0.25, -0.2) is 0 Å². The number of rotatable bonds is 5. The van der Waals surface area contributed by atoms with Gasteiger partial charge in [0.1, 0.15) is 0 Å². The van der Waals surface area contributed by atoms with E-state index in [1.807, 2.05) is 11.3 Å². The molecule has 0 amide bonds. The zero-order chi connectivity index (χ0) is 40.3. The summed E-state index contributed by atoms with van der Waals surface area (Å²) in [5.41, 5.74) is 16.2. The van der Waals surface area contributed by atoms with Crippen molar-refractivity contribution in [1.29, 1.82) is 0 Å². The van der Waals surface area contributed by atoms with Crippen LogP contribution in [0.3, 0.4) is 0 Å². The first kappa shape index (κ1) is 35.3. The van der Waals surface area contributed by atoms with Crippen molar-refractivity contribution in [3.05, 3.63) is 216 Å². The quantitative estimate of drug-likeness (QED) is 0.171. The average molecular weight is 803 g/mol. The van der Waals surface area contributed by atoms with Gasteiger partial charge in [-0.3, -0.25) is 0 Å². The molecule has 1 aromatic heterocycles. The molecule has 4 aliphatic rings. The average Bonchev–Trinajstić information content (AvgIpc) is 3.96. The number of thiophene rings is 1. The minimum Gasteiger partial charge on any atom is -0.310 e. The van der Waals surface area contributed by atoms with Crippen LogP contribution < -0.4 is 9.80 Å². The van der Waals surface area contributed by atoms with E-state index in [2.05, 4.69) is 205 Å². The molecule has 0 radical (unpaired) electrons. The molecule has 8 aromatic carbocycles. The van der Waals surface area contributed by atoms with Crippen molar-refractivity contribution in [1.82, 2.24) is 0 Å². The summed E-state index contributed by atoms with van der Waals surface area (Å²) in [6.07, 6.45) is 6.88. The van der Waals surface area contributed by atoms with Gasteiger partial charge in [-0.15, -0.1) is 11.3 Å². The van der Waals surface area contributed by atoms with Gasteiger partial charge in [0.15, 0.2) is 0 Å². The largest absolute Gasteiger partial charge is 0.310 e. The third kappa shape index (κ3) is 5.14. The normalized spacial score (nSPS) is 20.4. The van der Waals surface area contributed by atoms with Crippen molar-refractivity contribution >= 4 is 65.6 Å². The smallest absolute Gasteiger partial charge is 0.0755 e. The Morgan fingerprint density at radius 1 is 0.492 bits per heavy atom. The molecule has 13 rings (SSSR count). The highest BCUT2D eigenvalue weighted by Crippen LogP contribution is 2.64. The summed E-state index contributed by atoms with van der Waals surface area (Å²) in [5, 5.41) is 2.65. The van der Waals surface area contributed by atoms with E-state index in [0.717, 1.165) is 11.8 Å². The number of nitrogens with zero attached hydrogens (tertiary/aromatic N) is 2. The molecule has 9 aromatic rings. The molecule has 1 spiro atoms. The molecule has 3 heteroatoms. The van der Waals surface area contributed by atoms with Crippen molar-refractivity contribution in [2.24, 2.45) is 11.8 Å². The van der Waals surface area contributed by atoms with Gasteiger partial charge >= 0.3 is 0 Å². The molecule has 2 bridgehead atoms. The number of hydrogen-bond acceptors (Lipinski definition) is 3. The Morgan fingerprint density at radius 2 is 1.07 bits per heavy atom. The molecule has 2 heterocycles. The lowest BCUT2D eigenvalue weighted by Crippen LogP contribution is -2.36. The summed E-state index contributed by atoms with van der Waals surface area (Å²) in [4.78, 5) is 4.99. The number of para-hydroxylation sites is 3. The molecular formula is C58H46N2S. The van der Waals surface area contributed by atoms with E-state index in [1.165, 1.54) is 125 Å². The predicted molar refractivity (Wildman–Crippen MR) is 257 cm³/mol. The van der Waals surface area contributed by atoms with Crippen LogP contribution >= 0.6 is 11.3 Å². The highest BCUT2D eigenvalue weighted by Gasteiger charge is 2.52. The lowest BCUT2D eigenvalue weighted by atomic mass is 9.64. The first-order valence-electron chi connectivity index (χ1n) is 22.2. The van der Waals surface area contributed by atoms with Crippen LogP contribution in [0.1, 0.15) is 66.8 Å². The van der Waals surface area contributed by atoms with Gasteiger partial charge in [-0.1, -0.05) is 141 Å². The summed E-state index contributed by atoms with van der Waals surface area (Å²) in [7, 11) is 0. The predicted octanol–water partition coefficient (Wildman–Crippen LogP) is 16.1. The standard InChI is InChI=1S/C58H46N2S/c1-57(36-38-23-24-39(33-38)37-57)40-25-27-42(28-26-40)59(44-30-32-48-47-16-6-12-22-55(47)61-56(48)35-44)43-29-31-46-45-15-5-7-17-49(45)58(52(46)34-43)50-18-8-10-20-53(50)60(41-13-3-2-4-14-41)54-21-11-9-19-51(54)58/h2-22,25-32,34-35,38-39H,23-24,33,36-37H2,1H3/t38-,39?,57?/m0/s1. The molecule has 3 aliphatic carbocycles. The Balaban J connectivity index is 1.03. The van der Waals surface area contributed by atoms with Gasteiger partial charge in [0.05, 0.1) is 16.8 Å². The lowest BCUT2D eigenvalue weighted by Gasteiger charge is -2.45. The van der Waals surface area contributed by atoms with Crippen LogP contribution in [-0.4, -0.2) is 0 Å². The van der Waals surface area contributed by atoms with Crippen LogP contribution in [0.25, 0.3) is 31.3 Å². The summed E-state index contributed by atoms with van der Waals surface area (Å²) >= 11 is 1.89. The van der Waals surface area contributed by atoms with E-state index in [4.69, 9.17) is 0 Å². The Kier molecular flexibility index (Phi) is 7.70. The van der Waals surface area contributed by atoms with E-state index in [1.54, 1.807) is 0 Å². The zero-order valence-corrected chi connectivity index (χ0v) is 35.2. The van der Waals surface area contributed by atoms with Gasteiger partial charge in [-0.2, -0.15) is 0 Å². The maximum atomic E-state index is 2.54. The van der Waals surface area contributed by atoms with E-state index >= 15 is 0 Å². The third-order valence-corrected chi connectivity index (χ3v) is 16.1. The van der Waals surface area contributed by atoms with Crippen LogP contribution in [-0.2, 0) is 10.8 Å². The summed E-state index contributed by atoms with van der Waals surface area (Å²) < 4.78 is 2.64. The van der Waals surface area contributed by atoms with Crippen molar-refractivity contribution in [3.8, 4) is 11.1 Å². The van der Waals surface area contributed by atoms with Crippen molar-refractivity contribution in [2.75, 3.05) is 9.80 Å².